The Hall–Kier alpha value is -0.800. The first-order chi connectivity index (χ1) is 6.06. The zero-order chi connectivity index (χ0) is 10.0. The number of hydrogen-bond acceptors (Lipinski definition) is 2. The highest BCUT2D eigenvalue weighted by atomic mass is 35.5. The van der Waals surface area contributed by atoms with E-state index in [1.54, 1.807) is 0 Å². The van der Waals surface area contributed by atoms with E-state index in [0.29, 0.717) is 0 Å². The Kier molecular flexibility index (Phi) is 3.12. The fourth-order valence-electron chi connectivity index (χ4n) is 0.825. The van der Waals surface area contributed by atoms with Crippen molar-refractivity contribution in [2.24, 2.45) is 0 Å². The fraction of sp³-hybridized carbons (Fsp3) is 0.125. The van der Waals surface area contributed by atoms with Crippen molar-refractivity contribution in [2.75, 3.05) is 7.11 Å². The van der Waals surface area contributed by atoms with Crippen LogP contribution in [0.5, 0.6) is 5.75 Å². The van der Waals surface area contributed by atoms with Crippen LogP contribution in [0.25, 0.3) is 0 Å². The van der Waals surface area contributed by atoms with Crippen molar-refractivity contribution in [1.29, 1.82) is 0 Å². The van der Waals surface area contributed by atoms with E-state index < -0.39 is 11.1 Å². The van der Waals surface area contributed by atoms with Gasteiger partial charge in [0.1, 0.15) is 5.75 Å². The van der Waals surface area contributed by atoms with Crippen molar-refractivity contribution in [3.63, 3.8) is 0 Å². The molecule has 13 heavy (non-hydrogen) atoms. The van der Waals surface area contributed by atoms with Gasteiger partial charge in [0.15, 0.2) is 5.82 Å². The van der Waals surface area contributed by atoms with Crippen LogP contribution in [0.1, 0.15) is 10.4 Å². The molecule has 0 aliphatic rings. The maximum absolute atomic E-state index is 13.1. The van der Waals surface area contributed by atoms with Crippen molar-refractivity contribution in [1.82, 2.24) is 0 Å². The number of hydrogen-bond donors (Lipinski definition) is 0. The molecular weight excluding hydrogens is 218 g/mol. The molecule has 0 atom stereocenters. The SMILES string of the molecule is COc1cc(Cl)c(F)c(C(=O)Cl)c1. The number of benzene rings is 1. The Morgan fingerprint density at radius 1 is 1.54 bits per heavy atom. The zero-order valence-electron chi connectivity index (χ0n) is 6.61. The van der Waals surface area contributed by atoms with Crippen LogP contribution < -0.4 is 4.74 Å². The molecule has 0 N–H and O–H groups in total. The van der Waals surface area contributed by atoms with Crippen LogP contribution in [-0.2, 0) is 0 Å². The van der Waals surface area contributed by atoms with Gasteiger partial charge in [-0.05, 0) is 17.7 Å². The molecule has 0 aliphatic heterocycles. The predicted octanol–water partition coefficient (Wildman–Crippen LogP) is 2.87. The highest BCUT2D eigenvalue weighted by molar-refractivity contribution is 6.67. The summed E-state index contributed by atoms with van der Waals surface area (Å²) in [6, 6.07) is 2.46. The van der Waals surface area contributed by atoms with Crippen LogP contribution in [0.15, 0.2) is 12.1 Å². The van der Waals surface area contributed by atoms with E-state index in [-0.39, 0.29) is 16.3 Å². The molecule has 0 unspecified atom stereocenters. The lowest BCUT2D eigenvalue weighted by atomic mass is 10.2. The maximum Gasteiger partial charge on any atom is 0.255 e. The smallest absolute Gasteiger partial charge is 0.255 e. The van der Waals surface area contributed by atoms with Gasteiger partial charge >= 0.3 is 0 Å². The van der Waals surface area contributed by atoms with Crippen molar-refractivity contribution < 1.29 is 13.9 Å². The van der Waals surface area contributed by atoms with Crippen molar-refractivity contribution in [3.8, 4) is 5.75 Å². The molecule has 1 rings (SSSR count). The molecule has 0 bridgehead atoms. The van der Waals surface area contributed by atoms with Gasteiger partial charge in [0.25, 0.3) is 5.24 Å². The molecular formula is C8H5Cl2FO2. The van der Waals surface area contributed by atoms with E-state index >= 15 is 0 Å². The third-order valence-electron chi connectivity index (χ3n) is 1.45. The summed E-state index contributed by atoms with van der Waals surface area (Å²) < 4.78 is 17.9. The Morgan fingerprint density at radius 2 is 2.15 bits per heavy atom. The summed E-state index contributed by atoms with van der Waals surface area (Å²) in [6.07, 6.45) is 0. The summed E-state index contributed by atoms with van der Waals surface area (Å²) in [6.45, 7) is 0. The highest BCUT2D eigenvalue weighted by Gasteiger charge is 2.14. The molecule has 0 amide bonds. The first-order valence-corrected chi connectivity index (χ1v) is 4.04. The molecule has 0 heterocycles. The molecule has 0 saturated heterocycles. The predicted molar refractivity (Wildman–Crippen MR) is 48.1 cm³/mol. The Bertz CT molecular complexity index is 352. The Morgan fingerprint density at radius 3 is 2.62 bits per heavy atom. The van der Waals surface area contributed by atoms with Crippen LogP contribution in [0, 0.1) is 5.82 Å². The maximum atomic E-state index is 13.1. The van der Waals surface area contributed by atoms with E-state index in [9.17, 15) is 9.18 Å². The lowest BCUT2D eigenvalue weighted by Crippen LogP contribution is -1.96. The molecule has 0 fully saturated rings. The van der Waals surface area contributed by atoms with Gasteiger partial charge in [0.05, 0.1) is 17.7 Å². The minimum atomic E-state index is -0.904. The van der Waals surface area contributed by atoms with E-state index in [4.69, 9.17) is 27.9 Å². The molecule has 0 spiro atoms. The van der Waals surface area contributed by atoms with Crippen molar-refractivity contribution >= 4 is 28.4 Å². The standard InChI is InChI=1S/C8H5Cl2FO2/c1-13-4-2-5(8(10)12)7(11)6(9)3-4/h2-3H,1H3. The molecule has 2 nitrogen and oxygen atoms in total. The third kappa shape index (κ3) is 2.11. The molecule has 70 valence electrons. The average Bonchev–Trinajstić information content (AvgIpc) is 2.09. The summed E-state index contributed by atoms with van der Waals surface area (Å²) in [5, 5.41) is -1.10. The summed E-state index contributed by atoms with van der Waals surface area (Å²) >= 11 is 10.6. The minimum absolute atomic E-state index is 0.191. The summed E-state index contributed by atoms with van der Waals surface area (Å²) in [7, 11) is 1.38. The van der Waals surface area contributed by atoms with Gasteiger partial charge in [-0.25, -0.2) is 4.39 Å². The second kappa shape index (κ2) is 3.94. The quantitative estimate of drug-likeness (QED) is 0.720. The molecule has 0 radical (unpaired) electrons. The van der Waals surface area contributed by atoms with Gasteiger partial charge in [-0.3, -0.25) is 4.79 Å². The number of carbonyl (C=O) groups is 1. The monoisotopic (exact) mass is 222 g/mol. The van der Waals surface area contributed by atoms with Crippen LogP contribution >= 0.6 is 23.2 Å². The summed E-state index contributed by atoms with van der Waals surface area (Å²) in [4.78, 5) is 10.7. The van der Waals surface area contributed by atoms with E-state index in [1.807, 2.05) is 0 Å². The highest BCUT2D eigenvalue weighted by Crippen LogP contribution is 2.26. The van der Waals surface area contributed by atoms with Gasteiger partial charge in [0, 0.05) is 6.07 Å². The van der Waals surface area contributed by atoms with E-state index in [2.05, 4.69) is 0 Å². The summed E-state index contributed by atoms with van der Waals surface area (Å²) in [5.41, 5.74) is -0.286. The molecule has 0 saturated carbocycles. The topological polar surface area (TPSA) is 26.3 Å². The second-order valence-electron chi connectivity index (χ2n) is 2.24. The Balaban J connectivity index is 3.33. The molecule has 1 aromatic rings. The minimum Gasteiger partial charge on any atom is -0.497 e. The van der Waals surface area contributed by atoms with Gasteiger partial charge < -0.3 is 4.74 Å². The van der Waals surface area contributed by atoms with E-state index in [1.165, 1.54) is 19.2 Å². The second-order valence-corrected chi connectivity index (χ2v) is 2.99. The average molecular weight is 223 g/mol. The fourth-order valence-corrected chi connectivity index (χ4v) is 1.17. The number of halogens is 3. The largest absolute Gasteiger partial charge is 0.497 e. The first-order valence-electron chi connectivity index (χ1n) is 3.29. The van der Waals surface area contributed by atoms with Gasteiger partial charge in [-0.15, -0.1) is 0 Å². The van der Waals surface area contributed by atoms with Crippen molar-refractivity contribution in [3.05, 3.63) is 28.5 Å². The third-order valence-corrected chi connectivity index (χ3v) is 1.93. The summed E-state index contributed by atoms with van der Waals surface area (Å²) in [5.74, 6) is -0.544. The van der Waals surface area contributed by atoms with Gasteiger partial charge in [0.2, 0.25) is 0 Å². The lowest BCUT2D eigenvalue weighted by molar-refractivity contribution is 0.107. The zero-order valence-corrected chi connectivity index (χ0v) is 8.12. The molecule has 0 aromatic heterocycles. The number of carbonyl (C=O) groups excluding carboxylic acids is 1. The number of rotatable bonds is 2. The normalized spacial score (nSPS) is 9.85. The number of methoxy groups -OCH3 is 1. The van der Waals surface area contributed by atoms with Crippen LogP contribution in [-0.4, -0.2) is 12.4 Å². The van der Waals surface area contributed by atoms with Crippen LogP contribution in [0.4, 0.5) is 4.39 Å². The van der Waals surface area contributed by atoms with E-state index in [0.717, 1.165) is 0 Å². The van der Waals surface area contributed by atoms with Crippen LogP contribution in [0.2, 0.25) is 5.02 Å². The molecule has 0 aliphatic carbocycles. The first kappa shape index (κ1) is 10.3. The molecule has 1 aromatic carbocycles. The Labute approximate surface area is 84.2 Å². The van der Waals surface area contributed by atoms with Crippen LogP contribution in [0.3, 0.4) is 0 Å². The van der Waals surface area contributed by atoms with Crippen molar-refractivity contribution in [2.45, 2.75) is 0 Å². The number of ether oxygens (including phenoxy) is 1. The molecule has 5 heteroatoms. The lowest BCUT2D eigenvalue weighted by Gasteiger charge is -2.03. The van der Waals surface area contributed by atoms with Gasteiger partial charge in [-0.1, -0.05) is 11.6 Å². The van der Waals surface area contributed by atoms with Gasteiger partial charge in [-0.2, -0.15) is 0 Å².